The Bertz CT molecular complexity index is 339. The molecule has 4 nitrogen and oxygen atoms in total. The first-order chi connectivity index (χ1) is 8.96. The summed E-state index contributed by atoms with van der Waals surface area (Å²) < 4.78 is 5.48. The number of ether oxygens (including phenoxy) is 1. The van der Waals surface area contributed by atoms with E-state index in [0.29, 0.717) is 12.1 Å². The van der Waals surface area contributed by atoms with Gasteiger partial charge in [0.25, 0.3) is 0 Å². The van der Waals surface area contributed by atoms with E-state index in [9.17, 15) is 4.79 Å². The van der Waals surface area contributed by atoms with Gasteiger partial charge in [-0.3, -0.25) is 4.90 Å². The van der Waals surface area contributed by atoms with Gasteiger partial charge in [0.05, 0.1) is 0 Å². The van der Waals surface area contributed by atoms with E-state index in [0.717, 1.165) is 19.5 Å². The molecular weight excluding hydrogens is 252 g/mol. The summed E-state index contributed by atoms with van der Waals surface area (Å²) in [5.74, 6) is 0. The van der Waals surface area contributed by atoms with Crippen LogP contribution < -0.4 is 0 Å². The van der Waals surface area contributed by atoms with E-state index < -0.39 is 5.60 Å². The fourth-order valence-corrected chi connectivity index (χ4v) is 3.48. The van der Waals surface area contributed by atoms with Gasteiger partial charge in [0.15, 0.2) is 0 Å². The maximum absolute atomic E-state index is 12.2. The van der Waals surface area contributed by atoms with E-state index in [4.69, 9.17) is 4.74 Å². The summed E-state index contributed by atoms with van der Waals surface area (Å²) in [6.45, 7) is 18.4. The average Bonchev–Trinajstić information content (AvgIpc) is 2.57. The molecule has 0 radical (unpaired) electrons. The highest BCUT2D eigenvalue weighted by atomic mass is 16.6. The average molecular weight is 284 g/mol. The number of carbonyl (C=O) groups is 1. The third-order valence-electron chi connectivity index (χ3n) is 3.84. The number of amides is 1. The fraction of sp³-hybridized carbons (Fsp3) is 0.938. The summed E-state index contributed by atoms with van der Waals surface area (Å²) in [6, 6.07) is 0.942. The number of rotatable bonds is 3. The quantitative estimate of drug-likeness (QED) is 0.795. The van der Waals surface area contributed by atoms with E-state index in [1.54, 1.807) is 0 Å². The van der Waals surface area contributed by atoms with Gasteiger partial charge < -0.3 is 9.64 Å². The Morgan fingerprint density at radius 1 is 1.20 bits per heavy atom. The van der Waals surface area contributed by atoms with Gasteiger partial charge in [0, 0.05) is 30.7 Å². The minimum Gasteiger partial charge on any atom is -0.444 e. The molecule has 1 atom stereocenters. The van der Waals surface area contributed by atoms with Crippen molar-refractivity contribution in [1.82, 2.24) is 9.80 Å². The summed E-state index contributed by atoms with van der Waals surface area (Å²) in [4.78, 5) is 16.6. The SMILES string of the molecule is CC(C)N(C(C)C)[C@]1(C)CCN(C(=O)OC(C)(C)C)C1. The third-order valence-corrected chi connectivity index (χ3v) is 3.84. The van der Waals surface area contributed by atoms with Crippen LogP contribution in [0.25, 0.3) is 0 Å². The second-order valence-electron chi connectivity index (χ2n) is 7.74. The molecule has 1 aliphatic heterocycles. The van der Waals surface area contributed by atoms with Gasteiger partial charge in [0.2, 0.25) is 0 Å². The van der Waals surface area contributed by atoms with Crippen molar-refractivity contribution in [3.8, 4) is 0 Å². The van der Waals surface area contributed by atoms with Crippen molar-refractivity contribution in [2.45, 2.75) is 85.0 Å². The molecule has 118 valence electrons. The number of likely N-dealkylation sites (tertiary alicyclic amines) is 1. The maximum Gasteiger partial charge on any atom is 0.410 e. The molecule has 1 saturated heterocycles. The van der Waals surface area contributed by atoms with Gasteiger partial charge in [-0.1, -0.05) is 0 Å². The molecule has 0 aliphatic carbocycles. The predicted molar refractivity (Wildman–Crippen MR) is 82.9 cm³/mol. The van der Waals surface area contributed by atoms with Crippen LogP contribution >= 0.6 is 0 Å². The largest absolute Gasteiger partial charge is 0.444 e. The molecule has 1 rings (SSSR count). The second-order valence-corrected chi connectivity index (χ2v) is 7.74. The minimum absolute atomic E-state index is 0.0409. The number of carbonyl (C=O) groups excluding carboxylic acids is 1. The standard InChI is InChI=1S/C16H32N2O2/c1-12(2)18(13(3)4)16(8)9-10-17(11-16)14(19)20-15(5,6)7/h12-13H,9-11H2,1-8H3/t16-/m1/s1. The lowest BCUT2D eigenvalue weighted by Crippen LogP contribution is -2.55. The van der Waals surface area contributed by atoms with Crippen molar-refractivity contribution in [3.05, 3.63) is 0 Å². The summed E-state index contributed by atoms with van der Waals surface area (Å²) >= 11 is 0. The van der Waals surface area contributed by atoms with Gasteiger partial charge in [0.1, 0.15) is 5.60 Å². The Morgan fingerprint density at radius 2 is 1.70 bits per heavy atom. The minimum atomic E-state index is -0.425. The van der Waals surface area contributed by atoms with E-state index in [1.807, 2.05) is 25.7 Å². The Labute approximate surface area is 124 Å². The van der Waals surface area contributed by atoms with Crippen molar-refractivity contribution in [2.24, 2.45) is 0 Å². The molecule has 20 heavy (non-hydrogen) atoms. The molecule has 1 heterocycles. The zero-order valence-corrected chi connectivity index (χ0v) is 14.5. The van der Waals surface area contributed by atoms with E-state index in [-0.39, 0.29) is 11.6 Å². The molecule has 0 bridgehead atoms. The molecule has 1 amide bonds. The van der Waals surface area contributed by atoms with Crippen LogP contribution in [0, 0.1) is 0 Å². The number of nitrogens with zero attached hydrogens (tertiary/aromatic N) is 2. The molecule has 0 aromatic heterocycles. The lowest BCUT2D eigenvalue weighted by atomic mass is 9.95. The van der Waals surface area contributed by atoms with Gasteiger partial charge in [-0.15, -0.1) is 0 Å². The topological polar surface area (TPSA) is 32.8 Å². The van der Waals surface area contributed by atoms with Crippen LogP contribution in [0.2, 0.25) is 0 Å². The second kappa shape index (κ2) is 5.92. The lowest BCUT2D eigenvalue weighted by Gasteiger charge is -2.44. The van der Waals surface area contributed by atoms with Crippen LogP contribution in [0.15, 0.2) is 0 Å². The Morgan fingerprint density at radius 3 is 2.10 bits per heavy atom. The summed E-state index contributed by atoms with van der Waals surface area (Å²) in [7, 11) is 0. The maximum atomic E-state index is 12.2. The molecule has 0 unspecified atom stereocenters. The Hall–Kier alpha value is -0.770. The normalized spacial score (nSPS) is 24.1. The first kappa shape index (κ1) is 17.3. The molecular formula is C16H32N2O2. The van der Waals surface area contributed by atoms with Crippen LogP contribution in [-0.4, -0.2) is 52.2 Å². The highest BCUT2D eigenvalue weighted by Gasteiger charge is 2.43. The smallest absolute Gasteiger partial charge is 0.410 e. The van der Waals surface area contributed by atoms with Crippen molar-refractivity contribution in [2.75, 3.05) is 13.1 Å². The van der Waals surface area contributed by atoms with Crippen molar-refractivity contribution < 1.29 is 9.53 Å². The van der Waals surface area contributed by atoms with Gasteiger partial charge in [-0.25, -0.2) is 4.79 Å². The molecule has 0 saturated carbocycles. The predicted octanol–water partition coefficient (Wildman–Crippen LogP) is 3.50. The third kappa shape index (κ3) is 4.11. The summed E-state index contributed by atoms with van der Waals surface area (Å²) in [5.41, 5.74) is -0.384. The monoisotopic (exact) mass is 284 g/mol. The van der Waals surface area contributed by atoms with Gasteiger partial charge >= 0.3 is 6.09 Å². The molecule has 0 aromatic rings. The molecule has 0 N–H and O–H groups in total. The van der Waals surface area contributed by atoms with Crippen LogP contribution in [0.4, 0.5) is 4.79 Å². The first-order valence-electron chi connectivity index (χ1n) is 7.72. The number of hydrogen-bond acceptors (Lipinski definition) is 3. The highest BCUT2D eigenvalue weighted by molar-refractivity contribution is 5.68. The highest BCUT2D eigenvalue weighted by Crippen LogP contribution is 2.32. The summed E-state index contributed by atoms with van der Waals surface area (Å²) in [5, 5.41) is 0. The number of hydrogen-bond donors (Lipinski definition) is 0. The van der Waals surface area contributed by atoms with Crippen LogP contribution in [0.3, 0.4) is 0 Å². The molecule has 0 aromatic carbocycles. The van der Waals surface area contributed by atoms with Gasteiger partial charge in [-0.05, 0) is 61.8 Å². The van der Waals surface area contributed by atoms with E-state index >= 15 is 0 Å². The van der Waals surface area contributed by atoms with Crippen molar-refractivity contribution >= 4 is 6.09 Å². The molecule has 4 heteroatoms. The molecule has 1 fully saturated rings. The summed E-state index contributed by atoms with van der Waals surface area (Å²) in [6.07, 6.45) is 0.816. The van der Waals surface area contributed by atoms with Crippen LogP contribution in [0.5, 0.6) is 0 Å². The first-order valence-corrected chi connectivity index (χ1v) is 7.72. The van der Waals surface area contributed by atoms with Crippen molar-refractivity contribution in [3.63, 3.8) is 0 Å². The Kier molecular flexibility index (Phi) is 5.12. The molecule has 0 spiro atoms. The zero-order chi connectivity index (χ0) is 15.7. The van der Waals surface area contributed by atoms with Crippen LogP contribution in [0.1, 0.15) is 61.8 Å². The fourth-order valence-electron chi connectivity index (χ4n) is 3.48. The Balaban J connectivity index is 2.76. The van der Waals surface area contributed by atoms with Crippen LogP contribution in [-0.2, 0) is 4.74 Å². The lowest BCUT2D eigenvalue weighted by molar-refractivity contribution is 0.0166. The van der Waals surface area contributed by atoms with E-state index in [2.05, 4.69) is 39.5 Å². The van der Waals surface area contributed by atoms with E-state index in [1.165, 1.54) is 0 Å². The van der Waals surface area contributed by atoms with Gasteiger partial charge in [-0.2, -0.15) is 0 Å². The zero-order valence-electron chi connectivity index (χ0n) is 14.5. The molecule has 1 aliphatic rings. The van der Waals surface area contributed by atoms with Crippen molar-refractivity contribution in [1.29, 1.82) is 0 Å².